The fourth-order valence-corrected chi connectivity index (χ4v) is 1.86. The lowest BCUT2D eigenvalue weighted by molar-refractivity contribution is 0.164. The number of methoxy groups -OCH3 is 1. The molecule has 3 nitrogen and oxygen atoms in total. The van der Waals surface area contributed by atoms with E-state index in [1.807, 2.05) is 12.1 Å². The summed E-state index contributed by atoms with van der Waals surface area (Å²) in [6, 6.07) is 5.43. The summed E-state index contributed by atoms with van der Waals surface area (Å²) in [5.74, 6) is 0.401. The Morgan fingerprint density at radius 1 is 1.59 bits per heavy atom. The van der Waals surface area contributed by atoms with Crippen molar-refractivity contribution in [2.24, 2.45) is 11.7 Å². The highest BCUT2D eigenvalue weighted by Crippen LogP contribution is 2.21. The molecule has 1 atom stereocenters. The van der Waals surface area contributed by atoms with Crippen molar-refractivity contribution < 1.29 is 4.74 Å². The lowest BCUT2D eigenvalue weighted by atomic mass is 10.1. The summed E-state index contributed by atoms with van der Waals surface area (Å²) in [7, 11) is 1.69. The molecule has 3 N–H and O–H groups in total. The van der Waals surface area contributed by atoms with Crippen LogP contribution in [0.25, 0.3) is 0 Å². The van der Waals surface area contributed by atoms with E-state index < -0.39 is 0 Å². The topological polar surface area (TPSA) is 47.3 Å². The zero-order valence-electron chi connectivity index (χ0n) is 10.00. The summed E-state index contributed by atoms with van der Waals surface area (Å²) in [6.07, 6.45) is 0. The summed E-state index contributed by atoms with van der Waals surface area (Å²) in [5, 5.41) is 3.95. The first-order valence-electron chi connectivity index (χ1n) is 5.36. The van der Waals surface area contributed by atoms with E-state index in [9.17, 15) is 0 Å². The second-order valence-electron chi connectivity index (χ2n) is 4.00. The SMILES string of the molecule is COCC(C)CNc1cc(Cl)ccc1C(N)=S. The maximum Gasteiger partial charge on any atom is 0.106 e. The van der Waals surface area contributed by atoms with Crippen molar-refractivity contribution in [2.75, 3.05) is 25.6 Å². The molecule has 17 heavy (non-hydrogen) atoms. The number of nitrogens with one attached hydrogen (secondary N) is 1. The molecule has 94 valence electrons. The first-order valence-corrected chi connectivity index (χ1v) is 6.15. The average molecular weight is 273 g/mol. The van der Waals surface area contributed by atoms with Crippen LogP contribution in [0.15, 0.2) is 18.2 Å². The number of rotatable bonds is 6. The molecule has 1 rings (SSSR count). The zero-order chi connectivity index (χ0) is 12.8. The van der Waals surface area contributed by atoms with Crippen LogP contribution in [-0.2, 0) is 4.74 Å². The van der Waals surface area contributed by atoms with Gasteiger partial charge in [0.05, 0.1) is 6.61 Å². The van der Waals surface area contributed by atoms with Gasteiger partial charge >= 0.3 is 0 Å². The first kappa shape index (κ1) is 14.2. The molecular formula is C12H17ClN2OS. The van der Waals surface area contributed by atoms with Gasteiger partial charge in [-0.3, -0.25) is 0 Å². The fourth-order valence-electron chi connectivity index (χ4n) is 1.51. The van der Waals surface area contributed by atoms with E-state index in [-0.39, 0.29) is 0 Å². The maximum absolute atomic E-state index is 5.95. The van der Waals surface area contributed by atoms with Gasteiger partial charge in [-0.15, -0.1) is 0 Å². The molecule has 1 unspecified atom stereocenters. The molecule has 0 spiro atoms. The first-order chi connectivity index (χ1) is 8.04. The molecule has 0 aliphatic rings. The van der Waals surface area contributed by atoms with Crippen molar-refractivity contribution in [3.05, 3.63) is 28.8 Å². The minimum absolute atomic E-state index is 0.364. The van der Waals surface area contributed by atoms with E-state index >= 15 is 0 Å². The number of anilines is 1. The average Bonchev–Trinajstić information content (AvgIpc) is 2.26. The normalized spacial score (nSPS) is 12.2. The predicted octanol–water partition coefficient (Wildman–Crippen LogP) is 2.67. The van der Waals surface area contributed by atoms with Crippen LogP contribution in [0.4, 0.5) is 5.69 Å². The van der Waals surface area contributed by atoms with Crippen molar-refractivity contribution in [2.45, 2.75) is 6.92 Å². The van der Waals surface area contributed by atoms with E-state index in [1.54, 1.807) is 13.2 Å². The van der Waals surface area contributed by atoms with Gasteiger partial charge in [-0.2, -0.15) is 0 Å². The van der Waals surface area contributed by atoms with Gasteiger partial charge in [-0.1, -0.05) is 30.7 Å². The highest BCUT2D eigenvalue weighted by atomic mass is 35.5. The van der Waals surface area contributed by atoms with E-state index in [0.717, 1.165) is 17.8 Å². The predicted molar refractivity (Wildman–Crippen MR) is 76.9 cm³/mol. The third kappa shape index (κ3) is 4.50. The second-order valence-corrected chi connectivity index (χ2v) is 4.87. The second kappa shape index (κ2) is 6.79. The third-order valence-corrected chi connectivity index (χ3v) is 2.79. The minimum atomic E-state index is 0.364. The number of halogens is 1. The van der Waals surface area contributed by atoms with Gasteiger partial charge in [-0.05, 0) is 24.1 Å². The van der Waals surface area contributed by atoms with Crippen molar-refractivity contribution >= 4 is 34.5 Å². The maximum atomic E-state index is 5.95. The lowest BCUT2D eigenvalue weighted by Gasteiger charge is -2.15. The molecule has 0 aliphatic carbocycles. The van der Waals surface area contributed by atoms with Gasteiger partial charge in [-0.25, -0.2) is 0 Å². The number of hydrogen-bond acceptors (Lipinski definition) is 3. The van der Waals surface area contributed by atoms with E-state index in [0.29, 0.717) is 22.5 Å². The molecule has 5 heteroatoms. The zero-order valence-corrected chi connectivity index (χ0v) is 11.6. The number of ether oxygens (including phenoxy) is 1. The van der Waals surface area contributed by atoms with Crippen molar-refractivity contribution in [3.8, 4) is 0 Å². The van der Waals surface area contributed by atoms with Crippen LogP contribution in [-0.4, -0.2) is 25.2 Å². The Balaban J connectivity index is 2.75. The Morgan fingerprint density at radius 3 is 2.88 bits per heavy atom. The number of hydrogen-bond donors (Lipinski definition) is 2. The molecule has 0 radical (unpaired) electrons. The van der Waals surface area contributed by atoms with Crippen molar-refractivity contribution in [1.82, 2.24) is 0 Å². The van der Waals surface area contributed by atoms with Crippen molar-refractivity contribution in [1.29, 1.82) is 0 Å². The highest BCUT2D eigenvalue weighted by Gasteiger charge is 2.07. The summed E-state index contributed by atoms with van der Waals surface area (Å²) in [4.78, 5) is 0.364. The summed E-state index contributed by atoms with van der Waals surface area (Å²) < 4.78 is 5.08. The largest absolute Gasteiger partial charge is 0.389 e. The van der Waals surface area contributed by atoms with E-state index in [2.05, 4.69) is 12.2 Å². The number of nitrogens with two attached hydrogens (primary N) is 1. The van der Waals surface area contributed by atoms with Crippen LogP contribution in [0.2, 0.25) is 5.02 Å². The van der Waals surface area contributed by atoms with Crippen LogP contribution in [0.5, 0.6) is 0 Å². The quantitative estimate of drug-likeness (QED) is 0.782. The molecule has 0 amide bonds. The minimum Gasteiger partial charge on any atom is -0.389 e. The summed E-state index contributed by atoms with van der Waals surface area (Å²) in [5.41, 5.74) is 7.34. The fraction of sp³-hybridized carbons (Fsp3) is 0.417. The Hall–Kier alpha value is -0.840. The summed E-state index contributed by atoms with van der Waals surface area (Å²) in [6.45, 7) is 3.58. The number of benzene rings is 1. The van der Waals surface area contributed by atoms with Crippen LogP contribution >= 0.6 is 23.8 Å². The molecule has 0 aromatic heterocycles. The number of thiocarbonyl (C=S) groups is 1. The van der Waals surface area contributed by atoms with Gasteiger partial charge in [0.2, 0.25) is 0 Å². The van der Waals surface area contributed by atoms with E-state index in [1.165, 1.54) is 0 Å². The standard InChI is InChI=1S/C12H17ClN2OS/c1-8(7-16-2)6-15-11-5-9(13)3-4-10(11)12(14)17/h3-5,8,15H,6-7H2,1-2H3,(H2,14,17). The monoisotopic (exact) mass is 272 g/mol. The molecule has 0 bridgehead atoms. The van der Waals surface area contributed by atoms with Gasteiger partial charge in [0, 0.05) is 29.9 Å². The molecule has 0 aliphatic heterocycles. The van der Waals surface area contributed by atoms with Crippen LogP contribution in [0.1, 0.15) is 12.5 Å². The molecule has 1 aromatic rings. The molecule has 0 saturated carbocycles. The van der Waals surface area contributed by atoms with Gasteiger partial charge in [0.25, 0.3) is 0 Å². The van der Waals surface area contributed by atoms with Gasteiger partial charge in [0.15, 0.2) is 0 Å². The summed E-state index contributed by atoms with van der Waals surface area (Å²) >= 11 is 10.9. The molecule has 0 saturated heterocycles. The highest BCUT2D eigenvalue weighted by molar-refractivity contribution is 7.80. The Labute approximate surface area is 112 Å². The Morgan fingerprint density at radius 2 is 2.29 bits per heavy atom. The Bertz CT molecular complexity index is 398. The smallest absolute Gasteiger partial charge is 0.106 e. The Kier molecular flexibility index (Phi) is 5.68. The van der Waals surface area contributed by atoms with Crippen LogP contribution in [0.3, 0.4) is 0 Å². The third-order valence-electron chi connectivity index (χ3n) is 2.34. The van der Waals surface area contributed by atoms with Crippen molar-refractivity contribution in [3.63, 3.8) is 0 Å². The van der Waals surface area contributed by atoms with Crippen LogP contribution in [0, 0.1) is 5.92 Å². The van der Waals surface area contributed by atoms with E-state index in [4.69, 9.17) is 34.3 Å². The van der Waals surface area contributed by atoms with Gasteiger partial charge in [0.1, 0.15) is 4.99 Å². The molecule has 1 aromatic carbocycles. The van der Waals surface area contributed by atoms with Crippen LogP contribution < -0.4 is 11.1 Å². The molecular weight excluding hydrogens is 256 g/mol. The lowest BCUT2D eigenvalue weighted by Crippen LogP contribution is -2.19. The van der Waals surface area contributed by atoms with Gasteiger partial charge < -0.3 is 15.8 Å². The molecule has 0 heterocycles. The molecule has 0 fully saturated rings.